The smallest absolute Gasteiger partial charge is 0.151 e. The average molecular weight is 391 g/mol. The van der Waals surface area contributed by atoms with Crippen molar-refractivity contribution >= 4 is 17.4 Å². The Morgan fingerprint density at radius 3 is 2.74 bits per heavy atom. The quantitative estimate of drug-likeness (QED) is 0.610. The van der Waals surface area contributed by atoms with E-state index < -0.39 is 11.6 Å². The normalized spacial score (nSPS) is 13.7. The van der Waals surface area contributed by atoms with Gasteiger partial charge >= 0.3 is 0 Å². The lowest BCUT2D eigenvalue weighted by Gasteiger charge is -2.30. The highest BCUT2D eigenvalue weighted by atomic mass is 35.5. The zero-order valence-corrected chi connectivity index (χ0v) is 15.6. The van der Waals surface area contributed by atoms with Crippen molar-refractivity contribution < 1.29 is 13.3 Å². The van der Waals surface area contributed by atoms with Gasteiger partial charge in [0.2, 0.25) is 0 Å². The van der Waals surface area contributed by atoms with E-state index in [1.807, 2.05) is 18.7 Å². The molecule has 1 aliphatic rings. The summed E-state index contributed by atoms with van der Waals surface area (Å²) in [5.74, 6) is 0.131. The largest absolute Gasteiger partial charge is 0.361 e. The Morgan fingerprint density at radius 2 is 2.00 bits per heavy atom. The number of nitrogens with zero attached hydrogens (tertiary/aromatic N) is 4. The summed E-state index contributed by atoms with van der Waals surface area (Å²) in [5.41, 5.74) is 3.11. The Labute approximate surface area is 160 Å². The fourth-order valence-corrected chi connectivity index (χ4v) is 3.62. The molecule has 4 rings (SSSR count). The minimum atomic E-state index is -0.638. The van der Waals surface area contributed by atoms with Gasteiger partial charge in [-0.1, -0.05) is 16.8 Å². The molecule has 27 heavy (non-hydrogen) atoms. The zero-order chi connectivity index (χ0) is 19.1. The molecule has 1 aliphatic heterocycles. The van der Waals surface area contributed by atoms with Gasteiger partial charge in [0.05, 0.1) is 33.9 Å². The lowest BCUT2D eigenvalue weighted by molar-refractivity contribution is 0.393. The van der Waals surface area contributed by atoms with Crippen molar-refractivity contribution in [3.8, 4) is 11.3 Å². The summed E-state index contributed by atoms with van der Waals surface area (Å²) >= 11 is 6.00. The molecule has 1 aromatic carbocycles. The molecule has 0 unspecified atom stereocenters. The van der Waals surface area contributed by atoms with Crippen molar-refractivity contribution in [2.45, 2.75) is 33.2 Å². The van der Waals surface area contributed by atoms with Crippen molar-refractivity contribution in [3.05, 3.63) is 57.7 Å². The molecule has 0 spiro atoms. The van der Waals surface area contributed by atoms with Gasteiger partial charge in [-0.25, -0.2) is 13.8 Å². The van der Waals surface area contributed by atoms with Crippen LogP contribution < -0.4 is 4.90 Å². The average Bonchev–Trinajstić information content (AvgIpc) is 3.00. The zero-order valence-electron chi connectivity index (χ0n) is 14.9. The van der Waals surface area contributed by atoms with E-state index in [0.29, 0.717) is 23.8 Å². The van der Waals surface area contributed by atoms with Crippen LogP contribution in [0.1, 0.15) is 29.1 Å². The van der Waals surface area contributed by atoms with E-state index in [9.17, 15) is 8.78 Å². The highest BCUT2D eigenvalue weighted by molar-refractivity contribution is 6.31. The fourth-order valence-electron chi connectivity index (χ4n) is 3.41. The molecular weight excluding hydrogens is 374 g/mol. The van der Waals surface area contributed by atoms with Crippen molar-refractivity contribution in [1.29, 1.82) is 0 Å². The van der Waals surface area contributed by atoms with Gasteiger partial charge in [0.25, 0.3) is 0 Å². The molecule has 0 amide bonds. The van der Waals surface area contributed by atoms with Crippen LogP contribution in [0.5, 0.6) is 0 Å². The Kier molecular flexibility index (Phi) is 4.55. The van der Waals surface area contributed by atoms with Crippen LogP contribution in [0.4, 0.5) is 14.6 Å². The summed E-state index contributed by atoms with van der Waals surface area (Å²) in [6.07, 6.45) is 3.32. The van der Waals surface area contributed by atoms with Crippen LogP contribution in [0.15, 0.2) is 22.9 Å². The highest BCUT2D eigenvalue weighted by Crippen LogP contribution is 2.32. The summed E-state index contributed by atoms with van der Waals surface area (Å²) in [4.78, 5) is 11.2. The predicted molar refractivity (Wildman–Crippen MR) is 97.7 cm³/mol. The lowest BCUT2D eigenvalue weighted by Crippen LogP contribution is -2.31. The van der Waals surface area contributed by atoms with E-state index in [1.165, 1.54) is 0 Å². The van der Waals surface area contributed by atoms with E-state index >= 15 is 0 Å². The van der Waals surface area contributed by atoms with Crippen molar-refractivity contribution in [2.75, 3.05) is 11.4 Å². The summed E-state index contributed by atoms with van der Waals surface area (Å²) in [7, 11) is 0. The molecule has 0 saturated carbocycles. The van der Waals surface area contributed by atoms with Gasteiger partial charge in [-0.15, -0.1) is 0 Å². The number of halogens is 3. The third kappa shape index (κ3) is 3.16. The third-order valence-corrected chi connectivity index (χ3v) is 5.15. The van der Waals surface area contributed by atoms with Gasteiger partial charge in [0, 0.05) is 18.7 Å². The molecule has 3 aromatic rings. The van der Waals surface area contributed by atoms with Gasteiger partial charge in [0.15, 0.2) is 5.82 Å². The molecule has 8 heteroatoms. The van der Waals surface area contributed by atoms with Gasteiger partial charge in [0.1, 0.15) is 17.4 Å². The number of anilines is 1. The number of benzene rings is 1. The SMILES string of the molecule is Cc1noc(C)c1-c1cnc2c(n1)N(Cc1c(F)ccc(F)c1Cl)CCC2. The summed E-state index contributed by atoms with van der Waals surface area (Å²) in [6.45, 7) is 4.43. The standard InChI is InChI=1S/C19H17ClF2N4O/c1-10-17(11(2)27-25-10)16-8-23-15-4-3-7-26(19(15)24-16)9-12-13(21)5-6-14(22)18(12)20/h5-6,8H,3-4,7,9H2,1-2H3. The maximum absolute atomic E-state index is 14.2. The molecular formula is C19H17ClF2N4O. The first-order valence-corrected chi connectivity index (χ1v) is 9.00. The minimum Gasteiger partial charge on any atom is -0.361 e. The second-order valence-corrected chi connectivity index (χ2v) is 6.95. The monoisotopic (exact) mass is 390 g/mol. The molecule has 5 nitrogen and oxygen atoms in total. The van der Waals surface area contributed by atoms with E-state index in [-0.39, 0.29) is 17.1 Å². The second-order valence-electron chi connectivity index (χ2n) is 6.57. The van der Waals surface area contributed by atoms with Gasteiger partial charge < -0.3 is 9.42 Å². The van der Waals surface area contributed by atoms with E-state index in [1.54, 1.807) is 6.20 Å². The fraction of sp³-hybridized carbons (Fsp3) is 0.316. The minimum absolute atomic E-state index is 0.119. The summed E-state index contributed by atoms with van der Waals surface area (Å²) in [6, 6.07) is 2.12. The van der Waals surface area contributed by atoms with Gasteiger partial charge in [-0.2, -0.15) is 0 Å². The second kappa shape index (κ2) is 6.88. The molecule has 0 bridgehead atoms. The van der Waals surface area contributed by atoms with Crippen LogP contribution in [0.25, 0.3) is 11.3 Å². The van der Waals surface area contributed by atoms with Crippen molar-refractivity contribution in [2.24, 2.45) is 0 Å². The van der Waals surface area contributed by atoms with Crippen LogP contribution in [0.2, 0.25) is 5.02 Å². The Bertz CT molecular complexity index is 1000. The van der Waals surface area contributed by atoms with Crippen LogP contribution >= 0.6 is 11.6 Å². The number of aromatic nitrogens is 3. The Balaban J connectivity index is 1.75. The Hall–Kier alpha value is -2.54. The van der Waals surface area contributed by atoms with E-state index in [2.05, 4.69) is 10.1 Å². The number of hydrogen-bond acceptors (Lipinski definition) is 5. The lowest BCUT2D eigenvalue weighted by atomic mass is 10.1. The first kappa shape index (κ1) is 17.9. The topological polar surface area (TPSA) is 55.1 Å². The van der Waals surface area contributed by atoms with Crippen molar-refractivity contribution in [3.63, 3.8) is 0 Å². The van der Waals surface area contributed by atoms with Crippen LogP contribution in [0, 0.1) is 25.5 Å². The molecule has 0 atom stereocenters. The molecule has 2 aromatic heterocycles. The molecule has 0 saturated heterocycles. The molecule has 0 radical (unpaired) electrons. The number of aryl methyl sites for hydroxylation is 3. The first-order valence-electron chi connectivity index (χ1n) is 8.62. The maximum Gasteiger partial charge on any atom is 0.151 e. The summed E-state index contributed by atoms with van der Waals surface area (Å²) < 4.78 is 33.2. The molecule has 0 fully saturated rings. The first-order chi connectivity index (χ1) is 13.0. The van der Waals surface area contributed by atoms with Gasteiger partial charge in [-0.3, -0.25) is 4.98 Å². The predicted octanol–water partition coefficient (Wildman–Crippen LogP) is 4.63. The number of rotatable bonds is 3. The van der Waals surface area contributed by atoms with Crippen LogP contribution in [-0.2, 0) is 13.0 Å². The van der Waals surface area contributed by atoms with E-state index in [0.717, 1.165) is 41.9 Å². The van der Waals surface area contributed by atoms with E-state index in [4.69, 9.17) is 21.1 Å². The van der Waals surface area contributed by atoms with Crippen LogP contribution in [0.3, 0.4) is 0 Å². The van der Waals surface area contributed by atoms with Crippen LogP contribution in [-0.4, -0.2) is 21.7 Å². The highest BCUT2D eigenvalue weighted by Gasteiger charge is 2.24. The maximum atomic E-state index is 14.2. The van der Waals surface area contributed by atoms with Gasteiger partial charge in [-0.05, 0) is 38.8 Å². The summed E-state index contributed by atoms with van der Waals surface area (Å²) in [5, 5.41) is 3.76. The molecule has 3 heterocycles. The number of fused-ring (bicyclic) bond motifs is 1. The molecule has 0 N–H and O–H groups in total. The molecule has 140 valence electrons. The third-order valence-electron chi connectivity index (χ3n) is 4.75. The number of hydrogen-bond donors (Lipinski definition) is 0. The molecule has 0 aliphatic carbocycles. The van der Waals surface area contributed by atoms with Crippen molar-refractivity contribution in [1.82, 2.24) is 15.1 Å². The Morgan fingerprint density at radius 1 is 1.22 bits per heavy atom.